The van der Waals surface area contributed by atoms with Crippen molar-refractivity contribution >= 4 is 5.95 Å². The van der Waals surface area contributed by atoms with Crippen LogP contribution in [0.2, 0.25) is 0 Å². The molecule has 5 nitrogen and oxygen atoms in total. The molecule has 60 valence electrons. The van der Waals surface area contributed by atoms with Crippen molar-refractivity contribution in [2.75, 3.05) is 12.5 Å². The second kappa shape index (κ2) is 3.16. The molecular formula is C6H10N4O. The SMILES string of the molecule is COc1nc(NN)ncc1C. The van der Waals surface area contributed by atoms with Crippen LogP contribution in [-0.2, 0) is 0 Å². The highest BCUT2D eigenvalue weighted by Crippen LogP contribution is 2.13. The molecule has 0 unspecified atom stereocenters. The van der Waals surface area contributed by atoms with Gasteiger partial charge in [-0.05, 0) is 6.92 Å². The van der Waals surface area contributed by atoms with E-state index in [4.69, 9.17) is 10.6 Å². The Balaban J connectivity index is 3.02. The largest absolute Gasteiger partial charge is 0.481 e. The van der Waals surface area contributed by atoms with Crippen molar-refractivity contribution in [2.24, 2.45) is 5.84 Å². The molecule has 11 heavy (non-hydrogen) atoms. The number of aromatic nitrogens is 2. The summed E-state index contributed by atoms with van der Waals surface area (Å²) >= 11 is 0. The Morgan fingerprint density at radius 2 is 2.36 bits per heavy atom. The molecule has 3 N–H and O–H groups in total. The van der Waals surface area contributed by atoms with Gasteiger partial charge in [-0.1, -0.05) is 0 Å². The fourth-order valence-electron chi connectivity index (χ4n) is 0.703. The number of aryl methyl sites for hydroxylation is 1. The number of nitrogens with zero attached hydrogens (tertiary/aromatic N) is 2. The van der Waals surface area contributed by atoms with Crippen LogP contribution in [0.4, 0.5) is 5.95 Å². The molecule has 0 aliphatic heterocycles. The maximum Gasteiger partial charge on any atom is 0.240 e. The second-order valence-corrected chi connectivity index (χ2v) is 2.03. The lowest BCUT2D eigenvalue weighted by Crippen LogP contribution is -2.11. The summed E-state index contributed by atoms with van der Waals surface area (Å²) in [5.74, 6) is 5.98. The zero-order valence-corrected chi connectivity index (χ0v) is 6.46. The van der Waals surface area contributed by atoms with Crippen molar-refractivity contribution < 1.29 is 4.74 Å². The summed E-state index contributed by atoms with van der Waals surface area (Å²) in [6.45, 7) is 1.86. The minimum atomic E-state index is 0.354. The average molecular weight is 154 g/mol. The van der Waals surface area contributed by atoms with Gasteiger partial charge in [0.1, 0.15) is 0 Å². The molecule has 5 heteroatoms. The van der Waals surface area contributed by atoms with E-state index in [1.165, 1.54) is 0 Å². The van der Waals surface area contributed by atoms with Gasteiger partial charge in [-0.2, -0.15) is 4.98 Å². The third-order valence-electron chi connectivity index (χ3n) is 1.25. The van der Waals surface area contributed by atoms with E-state index in [1.807, 2.05) is 6.92 Å². The first-order valence-electron chi connectivity index (χ1n) is 3.12. The number of nitrogens with one attached hydrogen (secondary N) is 1. The maximum atomic E-state index is 5.09. The molecule has 0 radical (unpaired) electrons. The first kappa shape index (κ1) is 7.74. The Morgan fingerprint density at radius 1 is 1.64 bits per heavy atom. The van der Waals surface area contributed by atoms with Crippen molar-refractivity contribution in [3.8, 4) is 5.88 Å². The third kappa shape index (κ3) is 1.56. The van der Waals surface area contributed by atoms with Gasteiger partial charge in [0.25, 0.3) is 0 Å². The van der Waals surface area contributed by atoms with E-state index in [0.29, 0.717) is 11.8 Å². The van der Waals surface area contributed by atoms with Gasteiger partial charge >= 0.3 is 0 Å². The van der Waals surface area contributed by atoms with Gasteiger partial charge in [0, 0.05) is 11.8 Å². The number of hydrogen-bond acceptors (Lipinski definition) is 5. The molecule has 0 fully saturated rings. The summed E-state index contributed by atoms with van der Waals surface area (Å²) in [7, 11) is 1.55. The van der Waals surface area contributed by atoms with E-state index >= 15 is 0 Å². The van der Waals surface area contributed by atoms with Crippen LogP contribution in [0.25, 0.3) is 0 Å². The van der Waals surface area contributed by atoms with E-state index < -0.39 is 0 Å². The van der Waals surface area contributed by atoms with E-state index in [9.17, 15) is 0 Å². The van der Waals surface area contributed by atoms with Gasteiger partial charge in [-0.3, -0.25) is 5.43 Å². The highest BCUT2D eigenvalue weighted by atomic mass is 16.5. The highest BCUT2D eigenvalue weighted by molar-refractivity contribution is 5.31. The summed E-state index contributed by atoms with van der Waals surface area (Å²) in [5, 5.41) is 0. The number of anilines is 1. The summed E-state index contributed by atoms with van der Waals surface area (Å²) in [6.07, 6.45) is 1.64. The van der Waals surface area contributed by atoms with E-state index in [2.05, 4.69) is 15.4 Å². The van der Waals surface area contributed by atoms with Crippen LogP contribution in [0.15, 0.2) is 6.20 Å². The van der Waals surface area contributed by atoms with Gasteiger partial charge in [0.2, 0.25) is 11.8 Å². The number of hydrazine groups is 1. The smallest absolute Gasteiger partial charge is 0.240 e. The number of ether oxygens (including phenoxy) is 1. The van der Waals surface area contributed by atoms with Crippen molar-refractivity contribution in [3.63, 3.8) is 0 Å². The Hall–Kier alpha value is -1.36. The molecule has 0 aromatic carbocycles. The van der Waals surface area contributed by atoms with E-state index in [0.717, 1.165) is 5.56 Å². The van der Waals surface area contributed by atoms with Crippen molar-refractivity contribution in [1.82, 2.24) is 9.97 Å². The molecule has 0 atom stereocenters. The zero-order valence-electron chi connectivity index (χ0n) is 6.46. The molecule has 0 saturated heterocycles. The van der Waals surface area contributed by atoms with Gasteiger partial charge < -0.3 is 4.74 Å². The van der Waals surface area contributed by atoms with Crippen LogP contribution in [-0.4, -0.2) is 17.1 Å². The average Bonchev–Trinajstić information content (AvgIpc) is 2.05. The molecule has 1 aromatic heterocycles. The number of nitrogens with two attached hydrogens (primary N) is 1. The first-order valence-corrected chi connectivity index (χ1v) is 3.12. The lowest BCUT2D eigenvalue weighted by atomic mass is 10.4. The third-order valence-corrected chi connectivity index (χ3v) is 1.25. The molecule has 0 amide bonds. The van der Waals surface area contributed by atoms with Crippen LogP contribution in [0, 0.1) is 6.92 Å². The molecule has 0 saturated carbocycles. The van der Waals surface area contributed by atoms with Crippen LogP contribution in [0.1, 0.15) is 5.56 Å². The number of hydrogen-bond donors (Lipinski definition) is 2. The topological polar surface area (TPSA) is 73.1 Å². The normalized spacial score (nSPS) is 9.36. The van der Waals surface area contributed by atoms with Gasteiger partial charge in [-0.15, -0.1) is 0 Å². The molecule has 1 rings (SSSR count). The predicted molar refractivity (Wildman–Crippen MR) is 41.1 cm³/mol. The number of nitrogen functional groups attached to an aromatic ring is 1. The fourth-order valence-corrected chi connectivity index (χ4v) is 0.703. The molecule has 0 aliphatic rings. The Bertz CT molecular complexity index is 250. The lowest BCUT2D eigenvalue weighted by molar-refractivity contribution is 0.394. The highest BCUT2D eigenvalue weighted by Gasteiger charge is 2.00. The molecule has 0 bridgehead atoms. The van der Waals surface area contributed by atoms with Crippen molar-refractivity contribution in [3.05, 3.63) is 11.8 Å². The standard InChI is InChI=1S/C6H10N4O/c1-4-3-8-6(10-7)9-5(4)11-2/h3H,7H2,1-2H3,(H,8,9,10). The molecule has 1 heterocycles. The molecule has 0 aliphatic carbocycles. The van der Waals surface area contributed by atoms with Gasteiger partial charge in [0.05, 0.1) is 7.11 Å². The number of rotatable bonds is 2. The van der Waals surface area contributed by atoms with E-state index in [-0.39, 0.29) is 0 Å². The van der Waals surface area contributed by atoms with Crippen LogP contribution >= 0.6 is 0 Å². The van der Waals surface area contributed by atoms with E-state index in [1.54, 1.807) is 13.3 Å². The van der Waals surface area contributed by atoms with Crippen LogP contribution in [0.5, 0.6) is 5.88 Å². The first-order chi connectivity index (χ1) is 5.27. The Kier molecular flexibility index (Phi) is 2.22. The van der Waals surface area contributed by atoms with Crippen LogP contribution < -0.4 is 16.0 Å². The summed E-state index contributed by atoms with van der Waals surface area (Å²) in [4.78, 5) is 7.82. The second-order valence-electron chi connectivity index (χ2n) is 2.03. The Morgan fingerprint density at radius 3 is 2.91 bits per heavy atom. The molecular weight excluding hydrogens is 144 g/mol. The summed E-state index contributed by atoms with van der Waals surface area (Å²) < 4.78 is 4.94. The monoisotopic (exact) mass is 154 g/mol. The minimum absolute atomic E-state index is 0.354. The van der Waals surface area contributed by atoms with Crippen LogP contribution in [0.3, 0.4) is 0 Å². The summed E-state index contributed by atoms with van der Waals surface area (Å²) in [5.41, 5.74) is 3.21. The zero-order chi connectivity index (χ0) is 8.27. The Labute approximate surface area is 64.6 Å². The van der Waals surface area contributed by atoms with Gasteiger partial charge in [-0.25, -0.2) is 10.8 Å². The number of methoxy groups -OCH3 is 1. The summed E-state index contributed by atoms with van der Waals surface area (Å²) in [6, 6.07) is 0. The predicted octanol–water partition coefficient (Wildman–Crippen LogP) is 0.0792. The lowest BCUT2D eigenvalue weighted by Gasteiger charge is -2.03. The minimum Gasteiger partial charge on any atom is -0.481 e. The molecule has 0 spiro atoms. The quantitative estimate of drug-likeness (QED) is 0.466. The fraction of sp³-hybridized carbons (Fsp3) is 0.333. The maximum absolute atomic E-state index is 5.09. The van der Waals surface area contributed by atoms with Crippen molar-refractivity contribution in [2.45, 2.75) is 6.92 Å². The van der Waals surface area contributed by atoms with Gasteiger partial charge in [0.15, 0.2) is 0 Å². The molecule has 1 aromatic rings. The van der Waals surface area contributed by atoms with Crippen molar-refractivity contribution in [1.29, 1.82) is 0 Å².